The van der Waals surface area contributed by atoms with Gasteiger partial charge in [-0.05, 0) is 52.0 Å². The summed E-state index contributed by atoms with van der Waals surface area (Å²) in [6.45, 7) is 7.60. The summed E-state index contributed by atoms with van der Waals surface area (Å²) >= 11 is 0. The van der Waals surface area contributed by atoms with Crippen LogP contribution in [0.3, 0.4) is 0 Å². The minimum absolute atomic E-state index is 0.0887. The average Bonchev–Trinajstić information content (AvgIpc) is 3.43. The van der Waals surface area contributed by atoms with Gasteiger partial charge in [0.25, 0.3) is 0 Å². The smallest absolute Gasteiger partial charge is 0.420 e. The van der Waals surface area contributed by atoms with E-state index in [4.69, 9.17) is 19.3 Å². The van der Waals surface area contributed by atoms with Gasteiger partial charge >= 0.3 is 12.3 Å². The summed E-state index contributed by atoms with van der Waals surface area (Å²) in [6.07, 6.45) is -3.22. The maximum Gasteiger partial charge on any atom is 0.420 e. The maximum atomic E-state index is 13.4. The van der Waals surface area contributed by atoms with E-state index in [-0.39, 0.29) is 11.9 Å². The van der Waals surface area contributed by atoms with Crippen molar-refractivity contribution in [3.05, 3.63) is 59.5 Å². The normalized spacial score (nSPS) is 15.9. The molecule has 0 saturated carbocycles. The lowest BCUT2D eigenvalue weighted by atomic mass is 10.0. The summed E-state index contributed by atoms with van der Waals surface area (Å²) < 4.78 is 59.7. The first kappa shape index (κ1) is 25.8. The van der Waals surface area contributed by atoms with E-state index in [2.05, 4.69) is 4.98 Å². The van der Waals surface area contributed by atoms with Crippen molar-refractivity contribution >= 4 is 17.1 Å². The summed E-state index contributed by atoms with van der Waals surface area (Å²) in [7, 11) is 1.21. The number of aromatic nitrogens is 4. The zero-order valence-corrected chi connectivity index (χ0v) is 21.6. The fourth-order valence-electron chi connectivity index (χ4n) is 4.51. The number of fused-ring (bicyclic) bond motifs is 2. The molecule has 0 radical (unpaired) electrons. The SMILES string of the molecule is COc1cc(-n2nc(-c3ccc4c(c3)ncn4C(=O)OC(C)(C)C)c3c2CC(C)OC3)ccc1C(F)(F)F. The van der Waals surface area contributed by atoms with Crippen molar-refractivity contribution in [2.24, 2.45) is 0 Å². The highest BCUT2D eigenvalue weighted by atomic mass is 19.4. The maximum absolute atomic E-state index is 13.4. The molecule has 0 aliphatic carbocycles. The number of hydrogen-bond donors (Lipinski definition) is 0. The number of halogens is 3. The van der Waals surface area contributed by atoms with Crippen LogP contribution in [-0.2, 0) is 28.7 Å². The lowest BCUT2D eigenvalue weighted by Crippen LogP contribution is -2.26. The van der Waals surface area contributed by atoms with E-state index in [0.717, 1.165) is 22.9 Å². The van der Waals surface area contributed by atoms with Gasteiger partial charge in [0, 0.05) is 23.6 Å². The zero-order valence-electron chi connectivity index (χ0n) is 21.6. The van der Waals surface area contributed by atoms with Gasteiger partial charge < -0.3 is 14.2 Å². The summed E-state index contributed by atoms with van der Waals surface area (Å²) in [4.78, 5) is 17.0. The van der Waals surface area contributed by atoms with Crippen molar-refractivity contribution in [3.63, 3.8) is 0 Å². The van der Waals surface area contributed by atoms with Crippen LogP contribution in [0.4, 0.5) is 18.0 Å². The Morgan fingerprint density at radius 1 is 1.13 bits per heavy atom. The third-order valence-corrected chi connectivity index (χ3v) is 6.23. The molecule has 1 aliphatic rings. The molecule has 8 nitrogen and oxygen atoms in total. The van der Waals surface area contributed by atoms with Crippen molar-refractivity contribution in [2.45, 2.75) is 58.6 Å². The van der Waals surface area contributed by atoms with Gasteiger partial charge in [-0.1, -0.05) is 6.07 Å². The second kappa shape index (κ2) is 9.16. The van der Waals surface area contributed by atoms with Gasteiger partial charge in [-0.15, -0.1) is 0 Å². The highest BCUT2D eigenvalue weighted by molar-refractivity contribution is 5.89. The number of imidazole rings is 1. The van der Waals surface area contributed by atoms with Gasteiger partial charge in [-0.25, -0.2) is 19.0 Å². The van der Waals surface area contributed by atoms with E-state index in [1.54, 1.807) is 31.5 Å². The molecule has 1 atom stereocenters. The predicted molar refractivity (Wildman–Crippen MR) is 133 cm³/mol. The van der Waals surface area contributed by atoms with Gasteiger partial charge in [0.05, 0.1) is 53.5 Å². The minimum Gasteiger partial charge on any atom is -0.496 e. The summed E-state index contributed by atoms with van der Waals surface area (Å²) in [5.74, 6) is -0.282. The average molecular weight is 529 g/mol. The first-order chi connectivity index (χ1) is 17.9. The van der Waals surface area contributed by atoms with Crippen molar-refractivity contribution in [1.82, 2.24) is 19.3 Å². The summed E-state index contributed by atoms with van der Waals surface area (Å²) in [6, 6.07) is 9.12. The van der Waals surface area contributed by atoms with Crippen LogP contribution in [0, 0.1) is 0 Å². The molecule has 38 heavy (non-hydrogen) atoms. The largest absolute Gasteiger partial charge is 0.496 e. The molecule has 3 heterocycles. The highest BCUT2D eigenvalue weighted by Crippen LogP contribution is 2.39. The fraction of sp³-hybridized carbons (Fsp3) is 0.370. The number of carbonyl (C=O) groups excluding carboxylic acids is 1. The number of methoxy groups -OCH3 is 1. The Labute approximate surface area is 216 Å². The van der Waals surface area contributed by atoms with Gasteiger partial charge in [0.1, 0.15) is 17.7 Å². The van der Waals surface area contributed by atoms with Crippen LogP contribution >= 0.6 is 0 Å². The highest BCUT2D eigenvalue weighted by Gasteiger charge is 2.35. The molecular formula is C27H27F3N4O4. The molecule has 2 aromatic heterocycles. The fourth-order valence-corrected chi connectivity index (χ4v) is 4.51. The quantitative estimate of drug-likeness (QED) is 0.317. The van der Waals surface area contributed by atoms with Gasteiger partial charge in [0.15, 0.2) is 0 Å². The monoisotopic (exact) mass is 528 g/mol. The topological polar surface area (TPSA) is 80.4 Å². The van der Waals surface area contributed by atoms with Crippen LogP contribution in [0.15, 0.2) is 42.7 Å². The number of alkyl halides is 3. The molecule has 0 N–H and O–H groups in total. The molecule has 0 amide bonds. The van der Waals surface area contributed by atoms with E-state index in [9.17, 15) is 18.0 Å². The molecule has 2 aromatic carbocycles. The third kappa shape index (κ3) is 4.73. The van der Waals surface area contributed by atoms with E-state index >= 15 is 0 Å². The van der Waals surface area contributed by atoms with Crippen LogP contribution in [0.2, 0.25) is 0 Å². The lowest BCUT2D eigenvalue weighted by molar-refractivity contribution is -0.138. The van der Waals surface area contributed by atoms with Gasteiger partial charge in [-0.3, -0.25) is 0 Å². The number of rotatable bonds is 3. The Bertz CT molecular complexity index is 1530. The number of benzene rings is 2. The molecule has 0 bridgehead atoms. The van der Waals surface area contributed by atoms with Gasteiger partial charge in [-0.2, -0.15) is 18.3 Å². The standard InChI is InChI=1S/C27H27F3N4O4/c1-15-10-22-18(13-37-15)24(32-34(22)17-7-8-19(27(28,29)30)23(12-17)36-5)16-6-9-21-20(11-16)31-14-33(21)25(35)38-26(2,3)4/h6-9,11-12,14-15H,10,13H2,1-5H3. The van der Waals surface area contributed by atoms with Crippen LogP contribution in [-0.4, -0.2) is 44.2 Å². The summed E-state index contributed by atoms with van der Waals surface area (Å²) in [5, 5.41) is 4.80. The molecule has 1 aliphatic heterocycles. The Balaban J connectivity index is 1.59. The number of nitrogens with zero attached hydrogens (tertiary/aromatic N) is 4. The van der Waals surface area contributed by atoms with E-state index < -0.39 is 23.4 Å². The predicted octanol–water partition coefficient (Wildman–Crippen LogP) is 6.16. The van der Waals surface area contributed by atoms with Crippen molar-refractivity contribution in [1.29, 1.82) is 0 Å². The van der Waals surface area contributed by atoms with Crippen molar-refractivity contribution in [3.8, 4) is 22.7 Å². The molecule has 4 aromatic rings. The number of carbonyl (C=O) groups is 1. The molecule has 0 saturated heterocycles. The number of ether oxygens (including phenoxy) is 3. The zero-order chi connectivity index (χ0) is 27.4. The first-order valence-corrected chi connectivity index (χ1v) is 12.0. The van der Waals surface area contributed by atoms with E-state index in [0.29, 0.717) is 35.4 Å². The van der Waals surface area contributed by atoms with Gasteiger partial charge in [0.2, 0.25) is 0 Å². The molecule has 5 rings (SSSR count). The van der Waals surface area contributed by atoms with Crippen LogP contribution in [0.25, 0.3) is 28.0 Å². The molecular weight excluding hydrogens is 501 g/mol. The third-order valence-electron chi connectivity index (χ3n) is 6.23. The van der Waals surface area contributed by atoms with Crippen molar-refractivity contribution in [2.75, 3.05) is 7.11 Å². The second-order valence-corrected chi connectivity index (χ2v) is 10.2. The molecule has 0 fully saturated rings. The molecule has 200 valence electrons. The van der Waals surface area contributed by atoms with Crippen LogP contribution in [0.5, 0.6) is 5.75 Å². The van der Waals surface area contributed by atoms with E-state index in [1.807, 2.05) is 19.1 Å². The lowest BCUT2D eigenvalue weighted by Gasteiger charge is -2.21. The van der Waals surface area contributed by atoms with Crippen LogP contribution in [0.1, 0.15) is 44.5 Å². The Morgan fingerprint density at radius 2 is 1.89 bits per heavy atom. The number of hydrogen-bond acceptors (Lipinski definition) is 6. The minimum atomic E-state index is -4.54. The first-order valence-electron chi connectivity index (χ1n) is 12.0. The van der Waals surface area contributed by atoms with Crippen LogP contribution < -0.4 is 4.74 Å². The summed E-state index contributed by atoms with van der Waals surface area (Å²) in [5.41, 5.74) is 3.13. The molecule has 0 spiro atoms. The van der Waals surface area contributed by atoms with E-state index in [1.165, 1.54) is 30.1 Å². The Morgan fingerprint density at radius 3 is 2.58 bits per heavy atom. The Hall–Kier alpha value is -3.86. The Kier molecular flexibility index (Phi) is 6.21. The second-order valence-electron chi connectivity index (χ2n) is 10.2. The van der Waals surface area contributed by atoms with Crippen molar-refractivity contribution < 1.29 is 32.2 Å². The molecule has 1 unspecified atom stereocenters. The molecule has 11 heteroatoms.